The summed E-state index contributed by atoms with van der Waals surface area (Å²) >= 11 is 0. The number of ether oxygens (including phenoxy) is 6. The van der Waals surface area contributed by atoms with Crippen LogP contribution in [0.2, 0.25) is 0 Å². The molecule has 0 aromatic heterocycles. The summed E-state index contributed by atoms with van der Waals surface area (Å²) in [4.78, 5) is 26.0. The second-order valence-corrected chi connectivity index (χ2v) is 23.0. The van der Waals surface area contributed by atoms with Crippen molar-refractivity contribution in [1.82, 2.24) is 0 Å². The Kier molecular flexibility index (Phi) is 45.7. The van der Waals surface area contributed by atoms with E-state index in [1.807, 2.05) is 0 Å². The van der Waals surface area contributed by atoms with Crippen molar-refractivity contribution in [2.75, 3.05) is 26.4 Å². The highest BCUT2D eigenvalue weighted by Gasteiger charge is 2.47. The summed E-state index contributed by atoms with van der Waals surface area (Å²) in [5.41, 5.74) is 0. The molecule has 0 aromatic rings. The minimum atomic E-state index is -1.76. The standard InChI is InChI=1S/C62H118O15/c1-3-5-7-9-11-13-15-17-19-21-23-24-25-27-28-30-32-34-36-38-40-42-44-53(64)72-47-50(75-54(65)45-43-41-39-37-35-33-31-29-26-22-20-18-16-14-12-10-8-6-4-2)48-73-61-60(71)58(69)56(67)52(77-61)49-74-62-59(70)57(68)55(66)51(46-63)76-62/h50-52,55-63,66-71H,3-49H2,1-2H3/t50-,51+,52+,55-,56-,57?,58?,59?,60?,61+,62+/m0/s1. The molecule has 2 saturated heterocycles. The smallest absolute Gasteiger partial charge is 0.306 e. The molecule has 4 unspecified atom stereocenters. The highest BCUT2D eigenvalue weighted by molar-refractivity contribution is 5.70. The van der Waals surface area contributed by atoms with Gasteiger partial charge in [0.2, 0.25) is 0 Å². The Morgan fingerprint density at radius 2 is 0.662 bits per heavy atom. The molecule has 15 nitrogen and oxygen atoms in total. The van der Waals surface area contributed by atoms with Crippen molar-refractivity contribution in [3.63, 3.8) is 0 Å². The summed E-state index contributed by atoms with van der Waals surface area (Å²) < 4.78 is 33.8. The largest absolute Gasteiger partial charge is 0.462 e. The number of hydrogen-bond donors (Lipinski definition) is 7. The minimum Gasteiger partial charge on any atom is -0.462 e. The lowest BCUT2D eigenvalue weighted by Gasteiger charge is -2.42. The van der Waals surface area contributed by atoms with Crippen LogP contribution in [0.1, 0.15) is 290 Å². The molecule has 2 aliphatic rings. The highest BCUT2D eigenvalue weighted by atomic mass is 16.7. The van der Waals surface area contributed by atoms with Gasteiger partial charge < -0.3 is 64.2 Å². The summed E-state index contributed by atoms with van der Waals surface area (Å²) in [6.07, 6.45) is 35.5. The predicted molar refractivity (Wildman–Crippen MR) is 303 cm³/mol. The normalized spacial score (nSPS) is 24.1. The number of aliphatic hydroxyl groups is 7. The molecular formula is C62H118O15. The van der Waals surface area contributed by atoms with Gasteiger partial charge in [-0.15, -0.1) is 0 Å². The molecule has 2 rings (SSSR count). The van der Waals surface area contributed by atoms with Crippen LogP contribution in [0.4, 0.5) is 0 Å². The number of aliphatic hydroxyl groups excluding tert-OH is 7. The fourth-order valence-corrected chi connectivity index (χ4v) is 10.6. The van der Waals surface area contributed by atoms with Crippen LogP contribution in [-0.2, 0) is 38.0 Å². The third-order valence-electron chi connectivity index (χ3n) is 15.8. The summed E-state index contributed by atoms with van der Waals surface area (Å²) in [5, 5.41) is 72.4. The molecular weight excluding hydrogens is 985 g/mol. The SMILES string of the molecule is CCCCCCCCCCCCCCCCCCCCCCCCC(=O)OC[C@@H](CO[C@@H]1O[C@H](CO[C@@H]2O[C@H](CO)[C@H](O)C(O)C2O)[C@H](O)C(O)C1O)OC(=O)CCCCCCCCCCCCCCCCCCCCC. The van der Waals surface area contributed by atoms with Crippen molar-refractivity contribution in [1.29, 1.82) is 0 Å². The number of carbonyl (C=O) groups is 2. The van der Waals surface area contributed by atoms with Gasteiger partial charge in [0.15, 0.2) is 18.7 Å². The van der Waals surface area contributed by atoms with E-state index in [4.69, 9.17) is 28.4 Å². The second-order valence-electron chi connectivity index (χ2n) is 23.0. The first-order chi connectivity index (χ1) is 37.5. The molecule has 11 atom stereocenters. The third-order valence-corrected chi connectivity index (χ3v) is 15.8. The molecule has 456 valence electrons. The number of rotatable bonds is 53. The zero-order valence-corrected chi connectivity index (χ0v) is 49.0. The van der Waals surface area contributed by atoms with E-state index in [1.165, 1.54) is 212 Å². The van der Waals surface area contributed by atoms with Crippen LogP contribution in [-0.4, -0.2) is 142 Å². The van der Waals surface area contributed by atoms with E-state index >= 15 is 0 Å². The first-order valence-corrected chi connectivity index (χ1v) is 32.1. The van der Waals surface area contributed by atoms with Crippen LogP contribution >= 0.6 is 0 Å². The van der Waals surface area contributed by atoms with E-state index in [0.717, 1.165) is 38.5 Å². The fraction of sp³-hybridized carbons (Fsp3) is 0.968. The van der Waals surface area contributed by atoms with Gasteiger partial charge in [0.25, 0.3) is 0 Å². The lowest BCUT2D eigenvalue weighted by molar-refractivity contribution is -0.332. The van der Waals surface area contributed by atoms with Crippen LogP contribution in [0.15, 0.2) is 0 Å². The average Bonchev–Trinajstić information content (AvgIpc) is 3.43. The number of unbranched alkanes of at least 4 members (excludes halogenated alkanes) is 39. The maximum absolute atomic E-state index is 13.1. The molecule has 15 heteroatoms. The number of hydrogen-bond acceptors (Lipinski definition) is 15. The Labute approximate surface area is 468 Å². The maximum atomic E-state index is 13.1. The monoisotopic (exact) mass is 1100 g/mol. The molecule has 0 spiro atoms. The summed E-state index contributed by atoms with van der Waals surface area (Å²) in [6.45, 7) is 2.68. The van der Waals surface area contributed by atoms with Gasteiger partial charge in [0, 0.05) is 12.8 Å². The summed E-state index contributed by atoms with van der Waals surface area (Å²) in [5.74, 6) is -0.900. The lowest BCUT2D eigenvalue weighted by atomic mass is 9.98. The molecule has 2 aliphatic heterocycles. The van der Waals surface area contributed by atoms with Gasteiger partial charge in [-0.05, 0) is 12.8 Å². The van der Waals surface area contributed by atoms with E-state index in [-0.39, 0.29) is 26.1 Å². The maximum Gasteiger partial charge on any atom is 0.306 e. The summed E-state index contributed by atoms with van der Waals surface area (Å²) in [6, 6.07) is 0. The highest BCUT2D eigenvalue weighted by Crippen LogP contribution is 2.27. The van der Waals surface area contributed by atoms with Crippen molar-refractivity contribution >= 4 is 11.9 Å². The van der Waals surface area contributed by atoms with Gasteiger partial charge in [-0.1, -0.05) is 264 Å². The van der Waals surface area contributed by atoms with Crippen molar-refractivity contribution in [3.05, 3.63) is 0 Å². The summed E-state index contributed by atoms with van der Waals surface area (Å²) in [7, 11) is 0. The van der Waals surface area contributed by atoms with E-state index in [1.54, 1.807) is 0 Å². The Morgan fingerprint density at radius 3 is 1.01 bits per heavy atom. The van der Waals surface area contributed by atoms with Gasteiger partial charge in [-0.2, -0.15) is 0 Å². The van der Waals surface area contributed by atoms with Gasteiger partial charge in [0.05, 0.1) is 19.8 Å². The molecule has 0 radical (unpaired) electrons. The average molecular weight is 1100 g/mol. The number of carbonyl (C=O) groups excluding carboxylic acids is 2. The molecule has 7 N–H and O–H groups in total. The van der Waals surface area contributed by atoms with Gasteiger partial charge >= 0.3 is 11.9 Å². The van der Waals surface area contributed by atoms with Gasteiger partial charge in [0.1, 0.15) is 55.4 Å². The van der Waals surface area contributed by atoms with Crippen LogP contribution in [0.5, 0.6) is 0 Å². The van der Waals surface area contributed by atoms with E-state index in [0.29, 0.717) is 12.8 Å². The predicted octanol–water partition coefficient (Wildman–Crippen LogP) is 11.9. The first-order valence-electron chi connectivity index (χ1n) is 32.1. The Morgan fingerprint density at radius 1 is 0.364 bits per heavy atom. The molecule has 2 heterocycles. The van der Waals surface area contributed by atoms with Gasteiger partial charge in [-0.25, -0.2) is 0 Å². The number of esters is 2. The Hall–Kier alpha value is -1.50. The zero-order valence-electron chi connectivity index (χ0n) is 49.0. The quantitative estimate of drug-likeness (QED) is 0.0222. The molecule has 2 fully saturated rings. The van der Waals surface area contributed by atoms with Crippen molar-refractivity contribution < 1.29 is 73.8 Å². The van der Waals surface area contributed by atoms with Crippen LogP contribution in [0, 0.1) is 0 Å². The molecule has 0 aromatic carbocycles. The van der Waals surface area contributed by atoms with E-state index in [9.17, 15) is 45.3 Å². The van der Waals surface area contributed by atoms with Crippen molar-refractivity contribution in [2.24, 2.45) is 0 Å². The third kappa shape index (κ3) is 35.9. The van der Waals surface area contributed by atoms with Crippen LogP contribution < -0.4 is 0 Å². The van der Waals surface area contributed by atoms with Gasteiger partial charge in [-0.3, -0.25) is 9.59 Å². The lowest BCUT2D eigenvalue weighted by Crippen LogP contribution is -2.61. The van der Waals surface area contributed by atoms with E-state index in [2.05, 4.69) is 13.8 Å². The molecule has 77 heavy (non-hydrogen) atoms. The van der Waals surface area contributed by atoms with E-state index < -0.39 is 92.7 Å². The molecule has 0 saturated carbocycles. The fourth-order valence-electron chi connectivity index (χ4n) is 10.6. The topological polar surface area (TPSA) is 231 Å². The second kappa shape index (κ2) is 49.1. The minimum absolute atomic E-state index is 0.174. The van der Waals surface area contributed by atoms with Crippen molar-refractivity contribution in [2.45, 2.75) is 357 Å². The molecule has 0 amide bonds. The Bertz CT molecular complexity index is 1340. The van der Waals surface area contributed by atoms with Crippen molar-refractivity contribution in [3.8, 4) is 0 Å². The van der Waals surface area contributed by atoms with Crippen LogP contribution in [0.3, 0.4) is 0 Å². The zero-order chi connectivity index (χ0) is 56.0. The first kappa shape index (κ1) is 71.6. The van der Waals surface area contributed by atoms with Crippen LogP contribution in [0.25, 0.3) is 0 Å². The Balaban J connectivity index is 1.70. The molecule has 0 bridgehead atoms. The molecule has 0 aliphatic carbocycles.